The van der Waals surface area contributed by atoms with E-state index in [-0.39, 0.29) is 0 Å². The largest absolute Gasteiger partial charge is 0.370 e. The van der Waals surface area contributed by atoms with Gasteiger partial charge in [0.15, 0.2) is 0 Å². The van der Waals surface area contributed by atoms with Crippen molar-refractivity contribution < 1.29 is 4.74 Å². The average molecular weight is 128 g/mol. The van der Waals surface area contributed by atoms with Gasteiger partial charge in [0, 0.05) is 0 Å². The maximum absolute atomic E-state index is 5.24. The first-order valence-corrected chi connectivity index (χ1v) is 3.91. The van der Waals surface area contributed by atoms with Gasteiger partial charge in [-0.05, 0) is 13.3 Å². The lowest BCUT2D eigenvalue weighted by molar-refractivity contribution is 0.302. The summed E-state index contributed by atoms with van der Waals surface area (Å²) in [7, 11) is 0. The van der Waals surface area contributed by atoms with Crippen molar-refractivity contribution in [1.82, 2.24) is 0 Å². The SMILES string of the molecule is CCCCC[C@]1(C)CO1. The lowest BCUT2D eigenvalue weighted by atomic mass is 10.0. The zero-order valence-electron chi connectivity index (χ0n) is 6.44. The van der Waals surface area contributed by atoms with E-state index in [1.54, 1.807) is 0 Å². The van der Waals surface area contributed by atoms with Crippen molar-refractivity contribution in [1.29, 1.82) is 0 Å². The van der Waals surface area contributed by atoms with Gasteiger partial charge in [0.25, 0.3) is 0 Å². The van der Waals surface area contributed by atoms with Crippen molar-refractivity contribution in [2.45, 2.75) is 45.1 Å². The molecule has 0 aliphatic carbocycles. The predicted octanol–water partition coefficient (Wildman–Crippen LogP) is 2.36. The molecule has 0 aromatic carbocycles. The predicted molar refractivity (Wildman–Crippen MR) is 38.5 cm³/mol. The molecule has 0 N–H and O–H groups in total. The number of epoxide rings is 1. The third-order valence-corrected chi connectivity index (χ3v) is 1.95. The fraction of sp³-hybridized carbons (Fsp3) is 1.00. The summed E-state index contributed by atoms with van der Waals surface area (Å²) in [6.45, 7) is 5.43. The van der Waals surface area contributed by atoms with Gasteiger partial charge in [-0.25, -0.2) is 0 Å². The topological polar surface area (TPSA) is 12.5 Å². The number of rotatable bonds is 4. The second kappa shape index (κ2) is 2.70. The van der Waals surface area contributed by atoms with Crippen LogP contribution >= 0.6 is 0 Å². The molecule has 1 heteroatoms. The van der Waals surface area contributed by atoms with Crippen molar-refractivity contribution in [3.05, 3.63) is 0 Å². The molecule has 54 valence electrons. The van der Waals surface area contributed by atoms with E-state index in [1.165, 1.54) is 25.7 Å². The van der Waals surface area contributed by atoms with Gasteiger partial charge in [-0.2, -0.15) is 0 Å². The Morgan fingerprint density at radius 2 is 2.11 bits per heavy atom. The molecule has 1 rings (SSSR count). The van der Waals surface area contributed by atoms with Crippen LogP contribution in [0.1, 0.15) is 39.5 Å². The zero-order valence-corrected chi connectivity index (χ0v) is 6.44. The molecule has 1 heterocycles. The summed E-state index contributed by atoms with van der Waals surface area (Å²) >= 11 is 0. The van der Waals surface area contributed by atoms with Crippen LogP contribution in [0.4, 0.5) is 0 Å². The van der Waals surface area contributed by atoms with Crippen LogP contribution in [0.15, 0.2) is 0 Å². The van der Waals surface area contributed by atoms with Gasteiger partial charge in [-0.3, -0.25) is 0 Å². The molecule has 0 saturated carbocycles. The van der Waals surface area contributed by atoms with Crippen LogP contribution in [-0.2, 0) is 4.74 Å². The third kappa shape index (κ3) is 2.35. The van der Waals surface area contributed by atoms with Gasteiger partial charge < -0.3 is 4.74 Å². The summed E-state index contributed by atoms with van der Waals surface area (Å²) in [6.07, 6.45) is 5.28. The Hall–Kier alpha value is -0.0400. The standard InChI is InChI=1S/C8H16O/c1-3-4-5-6-8(2)7-9-8/h3-7H2,1-2H3/t8-/m1/s1. The van der Waals surface area contributed by atoms with Crippen LogP contribution in [0.5, 0.6) is 0 Å². The minimum Gasteiger partial charge on any atom is -0.370 e. The molecule has 1 aliphatic heterocycles. The van der Waals surface area contributed by atoms with Crippen molar-refractivity contribution >= 4 is 0 Å². The molecule has 1 saturated heterocycles. The van der Waals surface area contributed by atoms with Crippen LogP contribution < -0.4 is 0 Å². The van der Waals surface area contributed by atoms with Crippen molar-refractivity contribution in [3.63, 3.8) is 0 Å². The number of unbranched alkanes of at least 4 members (excludes halogenated alkanes) is 2. The highest BCUT2D eigenvalue weighted by Gasteiger charge is 2.37. The van der Waals surface area contributed by atoms with E-state index in [0.717, 1.165) is 6.61 Å². The Kier molecular flexibility index (Phi) is 2.12. The Labute approximate surface area is 57.4 Å². The van der Waals surface area contributed by atoms with Gasteiger partial charge in [0.2, 0.25) is 0 Å². The van der Waals surface area contributed by atoms with E-state index in [2.05, 4.69) is 13.8 Å². The first-order chi connectivity index (χ1) is 4.27. The fourth-order valence-corrected chi connectivity index (χ4v) is 1.02. The molecule has 0 amide bonds. The van der Waals surface area contributed by atoms with E-state index in [0.29, 0.717) is 5.60 Å². The summed E-state index contributed by atoms with van der Waals surface area (Å²) in [5.41, 5.74) is 0.301. The molecule has 1 atom stereocenters. The molecule has 9 heavy (non-hydrogen) atoms. The number of hydrogen-bond acceptors (Lipinski definition) is 1. The second-order valence-electron chi connectivity index (χ2n) is 3.20. The van der Waals surface area contributed by atoms with Crippen molar-refractivity contribution in [3.8, 4) is 0 Å². The molecule has 0 bridgehead atoms. The quantitative estimate of drug-likeness (QED) is 0.418. The molecule has 1 fully saturated rings. The normalized spacial score (nSPS) is 32.7. The van der Waals surface area contributed by atoms with E-state index in [9.17, 15) is 0 Å². The van der Waals surface area contributed by atoms with E-state index in [4.69, 9.17) is 4.74 Å². The van der Waals surface area contributed by atoms with Gasteiger partial charge >= 0.3 is 0 Å². The molecular weight excluding hydrogens is 112 g/mol. The van der Waals surface area contributed by atoms with Gasteiger partial charge in [0.05, 0.1) is 12.2 Å². The van der Waals surface area contributed by atoms with E-state index >= 15 is 0 Å². The summed E-state index contributed by atoms with van der Waals surface area (Å²) < 4.78 is 5.24. The summed E-state index contributed by atoms with van der Waals surface area (Å²) in [4.78, 5) is 0. The van der Waals surface area contributed by atoms with E-state index in [1.807, 2.05) is 0 Å². The minimum absolute atomic E-state index is 0.301. The molecule has 1 nitrogen and oxygen atoms in total. The van der Waals surface area contributed by atoms with E-state index < -0.39 is 0 Å². The number of ether oxygens (including phenoxy) is 1. The summed E-state index contributed by atoms with van der Waals surface area (Å²) in [6, 6.07) is 0. The molecule has 0 unspecified atom stereocenters. The Morgan fingerprint density at radius 1 is 1.44 bits per heavy atom. The molecule has 0 aromatic heterocycles. The highest BCUT2D eigenvalue weighted by molar-refractivity contribution is 4.86. The maximum atomic E-state index is 5.24. The molecule has 1 aliphatic rings. The molecule has 0 spiro atoms. The lowest BCUT2D eigenvalue weighted by Gasteiger charge is -2.01. The zero-order chi connectivity index (χ0) is 6.74. The second-order valence-corrected chi connectivity index (χ2v) is 3.20. The third-order valence-electron chi connectivity index (χ3n) is 1.95. The first-order valence-electron chi connectivity index (χ1n) is 3.91. The van der Waals surface area contributed by atoms with Gasteiger partial charge in [-0.1, -0.05) is 26.2 Å². The summed E-state index contributed by atoms with van der Waals surface area (Å²) in [5.74, 6) is 0. The van der Waals surface area contributed by atoms with Crippen molar-refractivity contribution in [2.75, 3.05) is 6.61 Å². The fourth-order valence-electron chi connectivity index (χ4n) is 1.02. The lowest BCUT2D eigenvalue weighted by Crippen LogP contribution is -2.02. The van der Waals surface area contributed by atoms with Crippen LogP contribution in [0.3, 0.4) is 0 Å². The smallest absolute Gasteiger partial charge is 0.0888 e. The first kappa shape index (κ1) is 7.07. The maximum Gasteiger partial charge on any atom is 0.0888 e. The Bertz CT molecular complexity index is 84.6. The minimum atomic E-state index is 0.301. The number of hydrogen-bond donors (Lipinski definition) is 0. The van der Waals surface area contributed by atoms with Crippen molar-refractivity contribution in [2.24, 2.45) is 0 Å². The van der Waals surface area contributed by atoms with Crippen LogP contribution in [-0.4, -0.2) is 12.2 Å². The highest BCUT2D eigenvalue weighted by Crippen LogP contribution is 2.31. The Morgan fingerprint density at radius 3 is 2.56 bits per heavy atom. The van der Waals surface area contributed by atoms with Gasteiger partial charge in [0.1, 0.15) is 0 Å². The Balaban J connectivity index is 1.92. The monoisotopic (exact) mass is 128 g/mol. The van der Waals surface area contributed by atoms with Crippen LogP contribution in [0.25, 0.3) is 0 Å². The van der Waals surface area contributed by atoms with Crippen LogP contribution in [0.2, 0.25) is 0 Å². The van der Waals surface area contributed by atoms with Gasteiger partial charge in [-0.15, -0.1) is 0 Å². The molecule has 0 aromatic rings. The average Bonchev–Trinajstić information content (AvgIpc) is 2.50. The van der Waals surface area contributed by atoms with Crippen LogP contribution in [0, 0.1) is 0 Å². The molecular formula is C8H16O. The molecule has 0 radical (unpaired) electrons. The summed E-state index contributed by atoms with van der Waals surface area (Å²) in [5, 5.41) is 0. The highest BCUT2D eigenvalue weighted by atomic mass is 16.6.